The van der Waals surface area contributed by atoms with Crippen LogP contribution in [0.2, 0.25) is 0 Å². The first kappa shape index (κ1) is 16.4. The molecule has 0 aliphatic carbocycles. The number of alkyl halides is 3. The summed E-state index contributed by atoms with van der Waals surface area (Å²) in [5.74, 6) is 0. The Balaban J connectivity index is 3.07. The fourth-order valence-electron chi connectivity index (χ4n) is 1.12. The van der Waals surface area contributed by atoms with Crippen LogP contribution < -0.4 is 0 Å². The molecule has 19 heavy (non-hydrogen) atoms. The predicted molar refractivity (Wildman–Crippen MR) is 74.6 cm³/mol. The highest BCUT2D eigenvalue weighted by molar-refractivity contribution is 9.10. The van der Waals surface area contributed by atoms with Gasteiger partial charge in [0.1, 0.15) is 11.0 Å². The van der Waals surface area contributed by atoms with Gasteiger partial charge >= 0.3 is 6.18 Å². The van der Waals surface area contributed by atoms with Gasteiger partial charge in [-0.05, 0) is 44.5 Å². The van der Waals surface area contributed by atoms with Crippen molar-refractivity contribution in [3.63, 3.8) is 0 Å². The third-order valence-electron chi connectivity index (χ3n) is 2.07. The molecule has 0 saturated carbocycles. The van der Waals surface area contributed by atoms with Crippen LogP contribution >= 0.6 is 15.9 Å². The minimum atomic E-state index is -4.42. The van der Waals surface area contributed by atoms with Crippen molar-refractivity contribution >= 4 is 33.1 Å². The Bertz CT molecular complexity index is 521. The van der Waals surface area contributed by atoms with Crippen LogP contribution in [0.5, 0.6) is 0 Å². The van der Waals surface area contributed by atoms with Gasteiger partial charge in [-0.15, -0.1) is 0 Å². The third-order valence-corrected chi connectivity index (χ3v) is 3.87. The number of benzene rings is 1. The monoisotopic (exact) mass is 355 g/mol. The Labute approximate surface area is 120 Å². The van der Waals surface area contributed by atoms with Crippen LogP contribution in [-0.4, -0.2) is 15.2 Å². The van der Waals surface area contributed by atoms with E-state index < -0.39 is 27.5 Å². The first-order valence-electron chi connectivity index (χ1n) is 5.34. The molecular formula is C12H13BrF3NOS. The Morgan fingerprint density at radius 3 is 2.26 bits per heavy atom. The molecule has 0 fully saturated rings. The van der Waals surface area contributed by atoms with E-state index in [4.69, 9.17) is 0 Å². The summed E-state index contributed by atoms with van der Waals surface area (Å²) in [4.78, 5) is 0. The van der Waals surface area contributed by atoms with Crippen molar-refractivity contribution in [3.05, 3.63) is 33.8 Å². The molecule has 1 aromatic rings. The molecule has 0 aliphatic heterocycles. The zero-order chi connectivity index (χ0) is 14.8. The van der Waals surface area contributed by atoms with Crippen molar-refractivity contribution in [1.82, 2.24) is 0 Å². The van der Waals surface area contributed by atoms with Gasteiger partial charge < -0.3 is 0 Å². The van der Waals surface area contributed by atoms with E-state index in [2.05, 4.69) is 20.3 Å². The third kappa shape index (κ3) is 5.06. The molecule has 0 saturated heterocycles. The SMILES string of the molecule is CC(C)(C)[S@@](=O)N=Cc1cc(Br)cc(C(F)(F)F)c1. The Hall–Kier alpha value is -0.690. The smallest absolute Gasteiger partial charge is 0.234 e. The lowest BCUT2D eigenvalue weighted by Gasteiger charge is -2.13. The molecule has 0 heterocycles. The molecular weight excluding hydrogens is 343 g/mol. The normalized spacial score (nSPS) is 14.9. The average Bonchev–Trinajstić information content (AvgIpc) is 2.22. The lowest BCUT2D eigenvalue weighted by Crippen LogP contribution is -2.19. The second-order valence-corrected chi connectivity index (χ2v) is 7.72. The highest BCUT2D eigenvalue weighted by Gasteiger charge is 2.31. The molecule has 0 N–H and O–H groups in total. The first-order chi connectivity index (χ1) is 8.50. The Kier molecular flexibility index (Phi) is 4.95. The lowest BCUT2D eigenvalue weighted by molar-refractivity contribution is -0.137. The Morgan fingerprint density at radius 2 is 1.79 bits per heavy atom. The molecule has 2 nitrogen and oxygen atoms in total. The zero-order valence-electron chi connectivity index (χ0n) is 10.6. The molecule has 0 spiro atoms. The molecule has 7 heteroatoms. The molecule has 0 amide bonds. The van der Waals surface area contributed by atoms with Gasteiger partial charge in [-0.2, -0.15) is 17.6 Å². The maximum atomic E-state index is 12.6. The maximum absolute atomic E-state index is 12.6. The van der Waals surface area contributed by atoms with Gasteiger partial charge in [0.2, 0.25) is 0 Å². The van der Waals surface area contributed by atoms with Gasteiger partial charge in [-0.25, -0.2) is 4.21 Å². The van der Waals surface area contributed by atoms with Gasteiger partial charge in [-0.3, -0.25) is 0 Å². The van der Waals surface area contributed by atoms with Crippen molar-refractivity contribution in [2.45, 2.75) is 31.7 Å². The summed E-state index contributed by atoms with van der Waals surface area (Å²) in [5, 5.41) is 0. The minimum Gasteiger partial charge on any atom is -0.234 e. The van der Waals surface area contributed by atoms with E-state index >= 15 is 0 Å². The fraction of sp³-hybridized carbons (Fsp3) is 0.417. The van der Waals surface area contributed by atoms with Crippen LogP contribution in [0, 0.1) is 0 Å². The van der Waals surface area contributed by atoms with Gasteiger partial charge in [0.15, 0.2) is 0 Å². The van der Waals surface area contributed by atoms with Crippen LogP contribution in [0.1, 0.15) is 31.9 Å². The van der Waals surface area contributed by atoms with Crippen molar-refractivity contribution in [2.24, 2.45) is 4.40 Å². The summed E-state index contributed by atoms with van der Waals surface area (Å²) in [5.41, 5.74) is -0.524. The standard InChI is InChI=1S/C12H13BrF3NOS/c1-11(2,3)19(18)17-7-8-4-9(12(14,15)16)6-10(13)5-8/h4-7H,1-3H3/t19-/m1/s1. The molecule has 0 aromatic heterocycles. The van der Waals surface area contributed by atoms with Crippen LogP contribution in [0.3, 0.4) is 0 Å². The topological polar surface area (TPSA) is 29.4 Å². The molecule has 0 radical (unpaired) electrons. The van der Waals surface area contributed by atoms with E-state index in [1.165, 1.54) is 12.3 Å². The van der Waals surface area contributed by atoms with E-state index in [-0.39, 0.29) is 5.56 Å². The molecule has 1 atom stereocenters. The largest absolute Gasteiger partial charge is 0.416 e. The highest BCUT2D eigenvalue weighted by atomic mass is 79.9. The molecule has 0 aliphatic rings. The summed E-state index contributed by atoms with van der Waals surface area (Å²) in [6.07, 6.45) is -3.23. The van der Waals surface area contributed by atoms with E-state index in [9.17, 15) is 17.4 Å². The van der Waals surface area contributed by atoms with E-state index in [0.29, 0.717) is 4.47 Å². The summed E-state index contributed by atoms with van der Waals surface area (Å²) < 4.78 is 53.1. The second-order valence-electron chi connectivity index (χ2n) is 4.87. The number of rotatable bonds is 2. The van der Waals surface area contributed by atoms with Gasteiger partial charge in [-0.1, -0.05) is 15.9 Å². The van der Waals surface area contributed by atoms with Crippen LogP contribution in [0.25, 0.3) is 0 Å². The van der Waals surface area contributed by atoms with Gasteiger partial charge in [0.25, 0.3) is 0 Å². The van der Waals surface area contributed by atoms with Crippen LogP contribution in [0.15, 0.2) is 27.1 Å². The minimum absolute atomic E-state index is 0.249. The van der Waals surface area contributed by atoms with Gasteiger partial charge in [0, 0.05) is 10.7 Å². The maximum Gasteiger partial charge on any atom is 0.416 e. The molecule has 1 aromatic carbocycles. The summed E-state index contributed by atoms with van der Waals surface area (Å²) in [6.45, 7) is 5.22. The Morgan fingerprint density at radius 1 is 1.21 bits per heavy atom. The number of halogens is 4. The second kappa shape index (κ2) is 5.75. The zero-order valence-corrected chi connectivity index (χ0v) is 13.0. The van der Waals surface area contributed by atoms with E-state index in [0.717, 1.165) is 12.1 Å². The van der Waals surface area contributed by atoms with Crippen molar-refractivity contribution in [3.8, 4) is 0 Å². The highest BCUT2D eigenvalue weighted by Crippen LogP contribution is 2.31. The summed E-state index contributed by atoms with van der Waals surface area (Å²) in [7, 11) is -1.50. The predicted octanol–water partition coefficient (Wildman–Crippen LogP) is 4.35. The first-order valence-corrected chi connectivity index (χ1v) is 7.24. The molecule has 1 rings (SSSR count). The van der Waals surface area contributed by atoms with Crippen molar-refractivity contribution in [1.29, 1.82) is 0 Å². The van der Waals surface area contributed by atoms with Crippen LogP contribution in [-0.2, 0) is 17.2 Å². The molecule has 0 bridgehead atoms. The quantitative estimate of drug-likeness (QED) is 0.725. The molecule has 106 valence electrons. The van der Waals surface area contributed by atoms with Gasteiger partial charge in [0.05, 0.1) is 10.3 Å². The number of hydrogen-bond donors (Lipinski definition) is 0. The number of hydrogen-bond acceptors (Lipinski definition) is 1. The van der Waals surface area contributed by atoms with Crippen molar-refractivity contribution in [2.75, 3.05) is 0 Å². The van der Waals surface area contributed by atoms with E-state index in [1.807, 2.05) is 0 Å². The average molecular weight is 356 g/mol. The van der Waals surface area contributed by atoms with Crippen molar-refractivity contribution < 1.29 is 17.4 Å². The van der Waals surface area contributed by atoms with E-state index in [1.54, 1.807) is 20.8 Å². The summed E-state index contributed by atoms with van der Waals surface area (Å²) >= 11 is 3.01. The summed E-state index contributed by atoms with van der Waals surface area (Å²) in [6, 6.07) is 3.44. The number of nitrogens with zero attached hydrogens (tertiary/aromatic N) is 1. The van der Waals surface area contributed by atoms with Crippen LogP contribution in [0.4, 0.5) is 13.2 Å². The fourth-order valence-corrected chi connectivity index (χ4v) is 2.16. The molecule has 0 unspecified atom stereocenters. The lowest BCUT2D eigenvalue weighted by atomic mass is 10.1.